The lowest BCUT2D eigenvalue weighted by Gasteiger charge is -2.33. The van der Waals surface area contributed by atoms with Gasteiger partial charge in [-0.25, -0.2) is 0 Å². The minimum atomic E-state index is -0.403. The Bertz CT molecular complexity index is 327. The molecule has 22 heavy (non-hydrogen) atoms. The van der Waals surface area contributed by atoms with E-state index >= 15 is 0 Å². The first kappa shape index (κ1) is 16.7. The third-order valence-corrected chi connectivity index (χ3v) is 5.34. The van der Waals surface area contributed by atoms with Crippen molar-refractivity contribution in [3.8, 4) is 0 Å². The van der Waals surface area contributed by atoms with Crippen molar-refractivity contribution in [1.29, 1.82) is 0 Å². The third-order valence-electron chi connectivity index (χ3n) is 5.34. The molecule has 0 amide bonds. The van der Waals surface area contributed by atoms with Crippen molar-refractivity contribution in [1.82, 2.24) is 4.90 Å². The summed E-state index contributed by atoms with van der Waals surface area (Å²) >= 11 is 0. The second-order valence-corrected chi connectivity index (χ2v) is 7.29. The van der Waals surface area contributed by atoms with E-state index in [2.05, 4.69) is 4.90 Å². The monoisotopic (exact) mass is 313 g/mol. The van der Waals surface area contributed by atoms with Crippen LogP contribution in [0.1, 0.15) is 38.5 Å². The Morgan fingerprint density at radius 3 is 2.68 bits per heavy atom. The van der Waals surface area contributed by atoms with E-state index in [4.69, 9.17) is 14.2 Å². The van der Waals surface area contributed by atoms with E-state index in [1.54, 1.807) is 0 Å². The zero-order valence-electron chi connectivity index (χ0n) is 13.7. The van der Waals surface area contributed by atoms with Crippen LogP contribution < -0.4 is 0 Å². The molecule has 0 aromatic rings. The Kier molecular flexibility index (Phi) is 6.10. The molecule has 2 heterocycles. The Labute approximate surface area is 133 Å². The first-order chi connectivity index (χ1) is 10.8. The lowest BCUT2D eigenvalue weighted by molar-refractivity contribution is -0.0650. The van der Waals surface area contributed by atoms with Gasteiger partial charge in [0.05, 0.1) is 32.0 Å². The predicted octanol–water partition coefficient (Wildman–Crippen LogP) is 1.44. The lowest BCUT2D eigenvalue weighted by atomic mass is 9.86. The molecule has 5 heteroatoms. The standard InChI is InChI=1S/C17H31NO4/c19-15(12-22-16-3-8-20-9-4-16)11-18-7-10-21-14-17(13-18)5-1-2-6-17/h15-16,19H,1-14H2. The number of aliphatic hydroxyl groups excluding tert-OH is 1. The van der Waals surface area contributed by atoms with Crippen LogP contribution in [0.4, 0.5) is 0 Å². The largest absolute Gasteiger partial charge is 0.389 e. The van der Waals surface area contributed by atoms with Gasteiger partial charge in [-0.2, -0.15) is 0 Å². The number of ether oxygens (including phenoxy) is 3. The maximum atomic E-state index is 10.3. The molecular formula is C17H31NO4. The topological polar surface area (TPSA) is 51.2 Å². The van der Waals surface area contributed by atoms with Crippen LogP contribution in [0.2, 0.25) is 0 Å². The molecule has 3 fully saturated rings. The summed E-state index contributed by atoms with van der Waals surface area (Å²) < 4.78 is 17.0. The Balaban J connectivity index is 1.42. The summed E-state index contributed by atoms with van der Waals surface area (Å²) in [5, 5.41) is 10.3. The van der Waals surface area contributed by atoms with E-state index in [0.29, 0.717) is 18.6 Å². The normalized spacial score (nSPS) is 28.8. The van der Waals surface area contributed by atoms with Crippen molar-refractivity contribution in [2.45, 2.75) is 50.7 Å². The highest BCUT2D eigenvalue weighted by molar-refractivity contribution is 4.89. The molecular weight excluding hydrogens is 282 g/mol. The second-order valence-electron chi connectivity index (χ2n) is 7.29. The molecule has 1 spiro atoms. The molecule has 5 nitrogen and oxygen atoms in total. The lowest BCUT2D eigenvalue weighted by Crippen LogP contribution is -2.42. The third kappa shape index (κ3) is 4.65. The van der Waals surface area contributed by atoms with Gasteiger partial charge >= 0.3 is 0 Å². The summed E-state index contributed by atoms with van der Waals surface area (Å²) in [4.78, 5) is 2.39. The summed E-state index contributed by atoms with van der Waals surface area (Å²) in [5.74, 6) is 0. The molecule has 0 radical (unpaired) electrons. The number of nitrogens with zero attached hydrogens (tertiary/aromatic N) is 1. The Morgan fingerprint density at radius 1 is 1.14 bits per heavy atom. The quantitative estimate of drug-likeness (QED) is 0.832. The number of β-amino-alcohol motifs (C(OH)–C–C–N with tert-alkyl or cyclic N) is 1. The van der Waals surface area contributed by atoms with E-state index in [0.717, 1.165) is 52.4 Å². The minimum absolute atomic E-state index is 0.261. The fourth-order valence-corrected chi connectivity index (χ4v) is 4.11. The van der Waals surface area contributed by atoms with Crippen molar-refractivity contribution in [3.05, 3.63) is 0 Å². The average Bonchev–Trinajstić information content (AvgIpc) is 2.89. The first-order valence-electron chi connectivity index (χ1n) is 8.93. The Hall–Kier alpha value is -0.200. The highest BCUT2D eigenvalue weighted by atomic mass is 16.5. The molecule has 1 saturated carbocycles. The molecule has 1 aliphatic carbocycles. The summed E-state index contributed by atoms with van der Waals surface area (Å²) in [6, 6.07) is 0. The molecule has 0 bridgehead atoms. The van der Waals surface area contributed by atoms with Gasteiger partial charge in [0.15, 0.2) is 0 Å². The number of rotatable bonds is 5. The van der Waals surface area contributed by atoms with Crippen LogP contribution >= 0.6 is 0 Å². The van der Waals surface area contributed by atoms with Gasteiger partial charge < -0.3 is 19.3 Å². The van der Waals surface area contributed by atoms with Crippen molar-refractivity contribution in [2.75, 3.05) is 52.7 Å². The highest BCUT2D eigenvalue weighted by Crippen LogP contribution is 2.40. The van der Waals surface area contributed by atoms with Crippen molar-refractivity contribution in [3.63, 3.8) is 0 Å². The molecule has 1 N–H and O–H groups in total. The van der Waals surface area contributed by atoms with Crippen molar-refractivity contribution >= 4 is 0 Å². The van der Waals surface area contributed by atoms with Crippen LogP contribution in [-0.4, -0.2) is 74.9 Å². The molecule has 0 aromatic heterocycles. The second kappa shape index (κ2) is 8.06. The van der Waals surface area contributed by atoms with E-state index in [1.807, 2.05) is 0 Å². The van der Waals surface area contributed by atoms with Gasteiger partial charge in [-0.15, -0.1) is 0 Å². The zero-order valence-corrected chi connectivity index (χ0v) is 13.7. The van der Waals surface area contributed by atoms with Gasteiger partial charge in [0.1, 0.15) is 0 Å². The molecule has 2 saturated heterocycles. The predicted molar refractivity (Wildman–Crippen MR) is 84.0 cm³/mol. The summed E-state index contributed by atoms with van der Waals surface area (Å²) in [5.41, 5.74) is 0.345. The van der Waals surface area contributed by atoms with Gasteiger partial charge in [0.25, 0.3) is 0 Å². The highest BCUT2D eigenvalue weighted by Gasteiger charge is 2.37. The number of aliphatic hydroxyl groups is 1. The fourth-order valence-electron chi connectivity index (χ4n) is 4.11. The summed E-state index contributed by atoms with van der Waals surface area (Å²) in [6.45, 7) is 6.40. The summed E-state index contributed by atoms with van der Waals surface area (Å²) in [6.07, 6.45) is 6.97. The van der Waals surface area contributed by atoms with Gasteiger partial charge in [-0.1, -0.05) is 12.8 Å². The summed E-state index contributed by atoms with van der Waals surface area (Å²) in [7, 11) is 0. The maximum Gasteiger partial charge on any atom is 0.0900 e. The smallest absolute Gasteiger partial charge is 0.0900 e. The number of hydrogen-bond acceptors (Lipinski definition) is 5. The van der Waals surface area contributed by atoms with Crippen LogP contribution in [-0.2, 0) is 14.2 Å². The van der Waals surface area contributed by atoms with E-state index in [1.165, 1.54) is 25.7 Å². The SMILES string of the molecule is OC(COC1CCOCC1)CN1CCOCC2(CCCC2)C1. The average molecular weight is 313 g/mol. The van der Waals surface area contributed by atoms with Crippen LogP contribution in [0.25, 0.3) is 0 Å². The fraction of sp³-hybridized carbons (Fsp3) is 1.00. The van der Waals surface area contributed by atoms with E-state index in [9.17, 15) is 5.11 Å². The first-order valence-corrected chi connectivity index (χ1v) is 8.93. The molecule has 128 valence electrons. The van der Waals surface area contributed by atoms with Gasteiger partial charge in [-0.3, -0.25) is 4.90 Å². The molecule has 3 rings (SSSR count). The van der Waals surface area contributed by atoms with Gasteiger partial charge in [0.2, 0.25) is 0 Å². The van der Waals surface area contributed by atoms with Crippen LogP contribution in [0.3, 0.4) is 0 Å². The molecule has 3 aliphatic rings. The van der Waals surface area contributed by atoms with Crippen molar-refractivity contribution in [2.24, 2.45) is 5.41 Å². The molecule has 1 atom stereocenters. The maximum absolute atomic E-state index is 10.3. The van der Waals surface area contributed by atoms with E-state index < -0.39 is 6.10 Å². The van der Waals surface area contributed by atoms with Gasteiger partial charge in [0, 0.05) is 38.3 Å². The Morgan fingerprint density at radius 2 is 1.91 bits per heavy atom. The van der Waals surface area contributed by atoms with Crippen LogP contribution in [0, 0.1) is 5.41 Å². The minimum Gasteiger partial charge on any atom is -0.389 e. The number of hydrogen-bond donors (Lipinski definition) is 1. The van der Waals surface area contributed by atoms with Crippen molar-refractivity contribution < 1.29 is 19.3 Å². The zero-order chi connectivity index (χ0) is 15.3. The van der Waals surface area contributed by atoms with Crippen LogP contribution in [0.5, 0.6) is 0 Å². The van der Waals surface area contributed by atoms with E-state index in [-0.39, 0.29) is 6.10 Å². The van der Waals surface area contributed by atoms with Gasteiger partial charge in [-0.05, 0) is 25.7 Å². The van der Waals surface area contributed by atoms with Crippen LogP contribution in [0.15, 0.2) is 0 Å². The molecule has 2 aliphatic heterocycles. The molecule has 1 unspecified atom stereocenters. The molecule has 0 aromatic carbocycles.